The van der Waals surface area contributed by atoms with Gasteiger partial charge in [-0.3, -0.25) is 4.79 Å². The summed E-state index contributed by atoms with van der Waals surface area (Å²) in [5, 5.41) is 0. The van der Waals surface area contributed by atoms with E-state index in [2.05, 4.69) is 19.1 Å². The summed E-state index contributed by atoms with van der Waals surface area (Å²) in [6, 6.07) is 8.21. The number of carbonyl (C=O) groups is 1. The Hall–Kier alpha value is -1.02. The van der Waals surface area contributed by atoms with Gasteiger partial charge in [-0.25, -0.2) is 0 Å². The Morgan fingerprint density at radius 2 is 1.79 bits per heavy atom. The van der Waals surface area contributed by atoms with Crippen molar-refractivity contribution in [1.82, 2.24) is 0 Å². The predicted molar refractivity (Wildman–Crippen MR) is 77.3 cm³/mol. The molecule has 1 aromatic rings. The summed E-state index contributed by atoms with van der Waals surface area (Å²) in [4.78, 5) is 11.5. The third-order valence-electron chi connectivity index (χ3n) is 3.45. The number of esters is 1. The van der Waals surface area contributed by atoms with Gasteiger partial charge in [-0.1, -0.05) is 29.8 Å². The molecule has 3 heteroatoms. The number of hydrogen-bond donors (Lipinski definition) is 0. The van der Waals surface area contributed by atoms with Crippen LogP contribution in [0.15, 0.2) is 24.3 Å². The van der Waals surface area contributed by atoms with Crippen LogP contribution in [-0.2, 0) is 14.4 Å². The van der Waals surface area contributed by atoms with E-state index >= 15 is 0 Å². The Morgan fingerprint density at radius 1 is 1.26 bits per heavy atom. The van der Waals surface area contributed by atoms with Gasteiger partial charge in [-0.05, 0) is 46.1 Å². The Bertz CT molecular complexity index is 465. The Labute approximate surface area is 120 Å². The van der Waals surface area contributed by atoms with Gasteiger partial charge in [0.1, 0.15) is 5.60 Å². The van der Waals surface area contributed by atoms with Crippen LogP contribution in [-0.4, -0.2) is 11.6 Å². The third kappa shape index (κ3) is 3.30. The zero-order valence-electron chi connectivity index (χ0n) is 12.0. The highest BCUT2D eigenvalue weighted by Gasteiger charge is 2.48. The minimum absolute atomic E-state index is 0.0713. The summed E-state index contributed by atoms with van der Waals surface area (Å²) in [7, 11) is 0. The molecule has 0 aliphatic heterocycles. The number of rotatable bonds is 2. The number of carbonyl (C=O) groups excluding carboxylic acids is 1. The zero-order chi connectivity index (χ0) is 14.3. The quantitative estimate of drug-likeness (QED) is 0.600. The Kier molecular flexibility index (Phi) is 3.65. The molecule has 2 nitrogen and oxygen atoms in total. The molecule has 0 N–H and O–H groups in total. The molecule has 0 atom stereocenters. The lowest BCUT2D eigenvalue weighted by atomic mass is 9.70. The highest BCUT2D eigenvalue weighted by atomic mass is 35.5. The number of halogens is 1. The van der Waals surface area contributed by atoms with Gasteiger partial charge < -0.3 is 4.74 Å². The minimum atomic E-state index is -0.425. The van der Waals surface area contributed by atoms with Crippen molar-refractivity contribution in [1.29, 1.82) is 0 Å². The number of alkyl halides is 1. The molecule has 0 aromatic heterocycles. The van der Waals surface area contributed by atoms with E-state index in [0.717, 1.165) is 5.56 Å². The van der Waals surface area contributed by atoms with Crippen LogP contribution in [0.1, 0.15) is 44.7 Å². The van der Waals surface area contributed by atoms with Gasteiger partial charge in [0.25, 0.3) is 0 Å². The highest BCUT2D eigenvalue weighted by Crippen LogP contribution is 2.51. The maximum absolute atomic E-state index is 11.9. The maximum atomic E-state index is 11.9. The van der Waals surface area contributed by atoms with Gasteiger partial charge in [0.2, 0.25) is 0 Å². The van der Waals surface area contributed by atoms with Crippen molar-refractivity contribution in [2.45, 2.75) is 51.0 Å². The van der Waals surface area contributed by atoms with Crippen molar-refractivity contribution >= 4 is 17.6 Å². The van der Waals surface area contributed by atoms with Crippen LogP contribution in [0.2, 0.25) is 0 Å². The van der Waals surface area contributed by atoms with Gasteiger partial charge in [-0.2, -0.15) is 0 Å². The zero-order valence-corrected chi connectivity index (χ0v) is 12.8. The summed E-state index contributed by atoms with van der Waals surface area (Å²) in [5.41, 5.74) is 1.89. The van der Waals surface area contributed by atoms with Crippen LogP contribution in [0.4, 0.5) is 0 Å². The van der Waals surface area contributed by atoms with E-state index in [9.17, 15) is 4.79 Å². The summed E-state index contributed by atoms with van der Waals surface area (Å²) in [6.45, 7) is 7.71. The molecule has 0 saturated heterocycles. The van der Waals surface area contributed by atoms with Crippen LogP contribution >= 0.6 is 11.6 Å². The van der Waals surface area contributed by atoms with Crippen LogP contribution in [0.5, 0.6) is 0 Å². The monoisotopic (exact) mass is 280 g/mol. The first kappa shape index (κ1) is 14.4. The fourth-order valence-electron chi connectivity index (χ4n) is 2.36. The molecule has 0 unspecified atom stereocenters. The second-order valence-corrected chi connectivity index (χ2v) is 7.19. The smallest absolute Gasteiger partial charge is 0.309 e. The third-order valence-corrected chi connectivity index (χ3v) is 3.98. The number of aryl methyl sites for hydroxylation is 1. The lowest BCUT2D eigenvalue weighted by Crippen LogP contribution is -2.43. The molecule has 1 aliphatic carbocycles. The first-order chi connectivity index (χ1) is 8.70. The molecule has 0 amide bonds. The van der Waals surface area contributed by atoms with Gasteiger partial charge in [0.15, 0.2) is 0 Å². The van der Waals surface area contributed by atoms with Crippen molar-refractivity contribution in [3.05, 3.63) is 35.4 Å². The van der Waals surface area contributed by atoms with E-state index in [1.54, 1.807) is 0 Å². The van der Waals surface area contributed by atoms with Gasteiger partial charge in [0, 0.05) is 0 Å². The SMILES string of the molecule is Cc1ccc(C2(Cl)CC(C(=O)OC(C)(C)C)C2)cc1. The van der Waals surface area contributed by atoms with Crippen LogP contribution < -0.4 is 0 Å². The molecule has 0 spiro atoms. The molecule has 0 heterocycles. The summed E-state index contributed by atoms with van der Waals surface area (Å²) in [5.74, 6) is -0.200. The van der Waals surface area contributed by atoms with E-state index in [-0.39, 0.29) is 11.9 Å². The topological polar surface area (TPSA) is 26.3 Å². The number of benzene rings is 1. The van der Waals surface area contributed by atoms with Gasteiger partial charge in [0.05, 0.1) is 10.8 Å². The lowest BCUT2D eigenvalue weighted by molar-refractivity contribution is -0.164. The number of hydrogen-bond acceptors (Lipinski definition) is 2. The van der Waals surface area contributed by atoms with E-state index in [0.29, 0.717) is 12.8 Å². The van der Waals surface area contributed by atoms with E-state index in [1.807, 2.05) is 32.9 Å². The predicted octanol–water partition coefficient (Wildman–Crippen LogP) is 4.18. The maximum Gasteiger partial charge on any atom is 0.309 e. The van der Waals surface area contributed by atoms with E-state index in [1.165, 1.54) is 5.56 Å². The highest BCUT2D eigenvalue weighted by molar-refractivity contribution is 6.25. The molecule has 2 rings (SSSR count). The van der Waals surface area contributed by atoms with Crippen molar-refractivity contribution in [2.24, 2.45) is 5.92 Å². The average molecular weight is 281 g/mol. The van der Waals surface area contributed by atoms with Crippen molar-refractivity contribution in [3.63, 3.8) is 0 Å². The molecule has 0 radical (unpaired) electrons. The largest absolute Gasteiger partial charge is 0.460 e. The van der Waals surface area contributed by atoms with Crippen LogP contribution in [0, 0.1) is 12.8 Å². The lowest BCUT2D eigenvalue weighted by Gasteiger charge is -2.42. The van der Waals surface area contributed by atoms with E-state index < -0.39 is 10.5 Å². The Balaban J connectivity index is 1.98. The molecular weight excluding hydrogens is 260 g/mol. The molecule has 0 bridgehead atoms. The first-order valence-corrected chi connectivity index (χ1v) is 7.06. The molecule has 1 aliphatic rings. The minimum Gasteiger partial charge on any atom is -0.460 e. The average Bonchev–Trinajstić information content (AvgIpc) is 2.23. The standard InChI is InChI=1S/C16H21ClO2/c1-11-5-7-13(8-6-11)16(17)9-12(10-16)14(18)19-15(2,3)4/h5-8,12H,9-10H2,1-4H3. The molecule has 1 saturated carbocycles. The Morgan fingerprint density at radius 3 is 2.26 bits per heavy atom. The summed E-state index contributed by atoms with van der Waals surface area (Å²) < 4.78 is 5.39. The molecule has 1 aromatic carbocycles. The molecule has 1 fully saturated rings. The van der Waals surface area contributed by atoms with Gasteiger partial charge >= 0.3 is 5.97 Å². The van der Waals surface area contributed by atoms with Gasteiger partial charge in [-0.15, -0.1) is 11.6 Å². The summed E-state index contributed by atoms with van der Waals surface area (Å²) >= 11 is 6.59. The fraction of sp³-hybridized carbons (Fsp3) is 0.562. The summed E-state index contributed by atoms with van der Waals surface area (Å²) in [6.07, 6.45) is 1.32. The first-order valence-electron chi connectivity index (χ1n) is 6.69. The van der Waals surface area contributed by atoms with E-state index in [4.69, 9.17) is 16.3 Å². The van der Waals surface area contributed by atoms with Crippen molar-refractivity contribution in [2.75, 3.05) is 0 Å². The fourth-order valence-corrected chi connectivity index (χ4v) is 2.86. The molecule has 104 valence electrons. The second kappa shape index (κ2) is 4.82. The van der Waals surface area contributed by atoms with Crippen LogP contribution in [0.3, 0.4) is 0 Å². The molecular formula is C16H21ClO2. The van der Waals surface area contributed by atoms with Crippen LogP contribution in [0.25, 0.3) is 0 Å². The second-order valence-electron chi connectivity index (χ2n) is 6.47. The normalized spacial score (nSPS) is 26.7. The van der Waals surface area contributed by atoms with Crippen molar-refractivity contribution in [3.8, 4) is 0 Å². The number of ether oxygens (including phenoxy) is 1. The molecule has 19 heavy (non-hydrogen) atoms. The van der Waals surface area contributed by atoms with Crippen molar-refractivity contribution < 1.29 is 9.53 Å².